The van der Waals surface area contributed by atoms with Crippen molar-refractivity contribution in [2.75, 3.05) is 0 Å². The van der Waals surface area contributed by atoms with Crippen molar-refractivity contribution in [3.8, 4) is 0 Å². The molecule has 0 unspecified atom stereocenters. The zero-order chi connectivity index (χ0) is 7.56. The van der Waals surface area contributed by atoms with Gasteiger partial charge in [-0.15, -0.1) is 0 Å². The third-order valence-electron chi connectivity index (χ3n) is 1.51. The molecule has 1 aliphatic rings. The summed E-state index contributed by atoms with van der Waals surface area (Å²) in [6, 6.07) is 0. The van der Waals surface area contributed by atoms with E-state index in [0.717, 1.165) is 12.0 Å². The normalized spacial score (nSPS) is 18.7. The standard InChI is InChI=1S/C8H9BO/c1-6-3-2-4-7(10)5-8(6)9/h3-5,10H,2H2,1H3. The highest BCUT2D eigenvalue weighted by atomic mass is 16.3. The topological polar surface area (TPSA) is 20.2 Å². The van der Waals surface area contributed by atoms with Gasteiger partial charge in [-0.3, -0.25) is 0 Å². The molecular formula is C8H9BO. The van der Waals surface area contributed by atoms with Gasteiger partial charge in [0.05, 0.1) is 0 Å². The van der Waals surface area contributed by atoms with E-state index in [9.17, 15) is 0 Å². The monoisotopic (exact) mass is 132 g/mol. The van der Waals surface area contributed by atoms with E-state index in [1.54, 1.807) is 12.2 Å². The Bertz CT molecular complexity index is 223. The second-order valence-electron chi connectivity index (χ2n) is 2.35. The molecule has 0 fully saturated rings. The van der Waals surface area contributed by atoms with E-state index >= 15 is 0 Å². The van der Waals surface area contributed by atoms with Gasteiger partial charge in [0.15, 0.2) is 0 Å². The van der Waals surface area contributed by atoms with Crippen molar-refractivity contribution in [3.63, 3.8) is 0 Å². The van der Waals surface area contributed by atoms with E-state index in [4.69, 9.17) is 13.0 Å². The average Bonchev–Trinajstić information content (AvgIpc) is 1.96. The minimum Gasteiger partial charge on any atom is -0.508 e. The van der Waals surface area contributed by atoms with E-state index in [1.165, 1.54) is 0 Å². The molecule has 10 heavy (non-hydrogen) atoms. The molecule has 2 heteroatoms. The summed E-state index contributed by atoms with van der Waals surface area (Å²) in [6.45, 7) is 1.93. The molecule has 0 heterocycles. The van der Waals surface area contributed by atoms with Gasteiger partial charge in [0.1, 0.15) is 13.6 Å². The second kappa shape index (κ2) is 2.78. The zero-order valence-corrected chi connectivity index (χ0v) is 5.96. The van der Waals surface area contributed by atoms with Crippen LogP contribution in [-0.2, 0) is 0 Å². The van der Waals surface area contributed by atoms with Crippen LogP contribution in [0.5, 0.6) is 0 Å². The van der Waals surface area contributed by atoms with Gasteiger partial charge in [-0.2, -0.15) is 0 Å². The Morgan fingerprint density at radius 3 is 2.90 bits per heavy atom. The van der Waals surface area contributed by atoms with E-state index in [0.29, 0.717) is 5.47 Å². The molecule has 0 saturated carbocycles. The van der Waals surface area contributed by atoms with Gasteiger partial charge in [-0.1, -0.05) is 17.1 Å². The van der Waals surface area contributed by atoms with Gasteiger partial charge in [0.2, 0.25) is 0 Å². The van der Waals surface area contributed by atoms with Gasteiger partial charge in [0.25, 0.3) is 0 Å². The van der Waals surface area contributed by atoms with Gasteiger partial charge in [-0.05, 0) is 25.5 Å². The van der Waals surface area contributed by atoms with Crippen molar-refractivity contribution in [3.05, 3.63) is 35.0 Å². The Kier molecular flexibility index (Phi) is 2.00. The Morgan fingerprint density at radius 1 is 1.50 bits per heavy atom. The lowest BCUT2D eigenvalue weighted by atomic mass is 9.89. The summed E-state index contributed by atoms with van der Waals surface area (Å²) in [7, 11) is 5.56. The molecule has 1 N–H and O–H groups in total. The van der Waals surface area contributed by atoms with E-state index in [2.05, 4.69) is 0 Å². The molecule has 0 saturated heterocycles. The van der Waals surface area contributed by atoms with Crippen molar-refractivity contribution >= 4 is 7.85 Å². The summed E-state index contributed by atoms with van der Waals surface area (Å²) in [5.74, 6) is 0.255. The molecule has 0 aliphatic heterocycles. The number of allylic oxidation sites excluding steroid dienone is 5. The molecule has 0 aromatic rings. The summed E-state index contributed by atoms with van der Waals surface area (Å²) < 4.78 is 0. The number of aliphatic hydroxyl groups excluding tert-OH is 1. The first-order valence-electron chi connectivity index (χ1n) is 3.23. The van der Waals surface area contributed by atoms with Crippen molar-refractivity contribution < 1.29 is 5.11 Å². The highest BCUT2D eigenvalue weighted by molar-refractivity contribution is 6.24. The lowest BCUT2D eigenvalue weighted by Gasteiger charge is -1.96. The number of rotatable bonds is 0. The molecule has 0 amide bonds. The van der Waals surface area contributed by atoms with Crippen LogP contribution < -0.4 is 0 Å². The summed E-state index contributed by atoms with van der Waals surface area (Å²) in [5, 5.41) is 9.05. The van der Waals surface area contributed by atoms with Crippen molar-refractivity contribution in [1.82, 2.24) is 0 Å². The maximum atomic E-state index is 9.05. The molecular weight excluding hydrogens is 123 g/mol. The molecule has 0 bridgehead atoms. The summed E-state index contributed by atoms with van der Waals surface area (Å²) in [5.41, 5.74) is 1.67. The maximum absolute atomic E-state index is 9.05. The maximum Gasteiger partial charge on any atom is 0.114 e. The Morgan fingerprint density at radius 2 is 2.20 bits per heavy atom. The number of hydrogen-bond acceptors (Lipinski definition) is 1. The van der Waals surface area contributed by atoms with Crippen molar-refractivity contribution in [2.45, 2.75) is 13.3 Å². The van der Waals surface area contributed by atoms with Crippen LogP contribution in [0.15, 0.2) is 35.0 Å². The van der Waals surface area contributed by atoms with Crippen LogP contribution in [-0.4, -0.2) is 13.0 Å². The number of aliphatic hydroxyl groups is 1. The molecule has 1 rings (SSSR count). The van der Waals surface area contributed by atoms with Crippen LogP contribution in [0.25, 0.3) is 0 Å². The summed E-state index contributed by atoms with van der Waals surface area (Å²) >= 11 is 0. The number of hydrogen-bond donors (Lipinski definition) is 1. The average molecular weight is 132 g/mol. The van der Waals surface area contributed by atoms with Gasteiger partial charge < -0.3 is 5.11 Å². The molecule has 2 radical (unpaired) electrons. The van der Waals surface area contributed by atoms with Crippen LogP contribution in [0.4, 0.5) is 0 Å². The molecule has 0 aromatic carbocycles. The van der Waals surface area contributed by atoms with E-state index < -0.39 is 0 Å². The minimum absolute atomic E-state index is 0.255. The molecule has 0 atom stereocenters. The molecule has 1 aliphatic carbocycles. The zero-order valence-electron chi connectivity index (χ0n) is 5.96. The second-order valence-corrected chi connectivity index (χ2v) is 2.35. The summed E-state index contributed by atoms with van der Waals surface area (Å²) in [4.78, 5) is 0. The quantitative estimate of drug-likeness (QED) is 0.498. The molecule has 0 aromatic heterocycles. The Labute approximate surface area is 62.2 Å². The predicted molar refractivity (Wildman–Crippen MR) is 42.9 cm³/mol. The van der Waals surface area contributed by atoms with Crippen LogP contribution >= 0.6 is 0 Å². The van der Waals surface area contributed by atoms with E-state index in [1.807, 2.05) is 13.0 Å². The van der Waals surface area contributed by atoms with Gasteiger partial charge in [-0.25, -0.2) is 0 Å². The summed E-state index contributed by atoms with van der Waals surface area (Å²) in [6.07, 6.45) is 6.03. The highest BCUT2D eigenvalue weighted by Gasteiger charge is 1.97. The third kappa shape index (κ3) is 1.53. The SMILES string of the molecule is [B]C1=CC(O)=CCC=C1C. The van der Waals surface area contributed by atoms with Crippen LogP contribution in [0.3, 0.4) is 0 Å². The lowest BCUT2D eigenvalue weighted by molar-refractivity contribution is 0.430. The first-order valence-corrected chi connectivity index (χ1v) is 3.23. The predicted octanol–water partition coefficient (Wildman–Crippen LogP) is 1.83. The fourth-order valence-electron chi connectivity index (χ4n) is 0.806. The van der Waals surface area contributed by atoms with Crippen LogP contribution in [0, 0.1) is 0 Å². The van der Waals surface area contributed by atoms with Crippen molar-refractivity contribution in [1.29, 1.82) is 0 Å². The van der Waals surface area contributed by atoms with Crippen LogP contribution in [0.1, 0.15) is 13.3 Å². The first-order chi connectivity index (χ1) is 4.70. The fourth-order valence-corrected chi connectivity index (χ4v) is 0.806. The third-order valence-corrected chi connectivity index (χ3v) is 1.51. The molecule has 0 spiro atoms. The van der Waals surface area contributed by atoms with Gasteiger partial charge in [0, 0.05) is 0 Å². The van der Waals surface area contributed by atoms with Crippen LogP contribution in [0.2, 0.25) is 0 Å². The smallest absolute Gasteiger partial charge is 0.114 e. The van der Waals surface area contributed by atoms with Gasteiger partial charge >= 0.3 is 0 Å². The lowest BCUT2D eigenvalue weighted by Crippen LogP contribution is -1.83. The Balaban J connectivity index is 2.92. The van der Waals surface area contributed by atoms with Crippen molar-refractivity contribution in [2.24, 2.45) is 0 Å². The largest absolute Gasteiger partial charge is 0.508 e. The highest BCUT2D eigenvalue weighted by Crippen LogP contribution is 2.13. The fraction of sp³-hybridized carbons (Fsp3) is 0.250. The minimum atomic E-state index is 0.255. The first kappa shape index (κ1) is 7.20. The van der Waals surface area contributed by atoms with E-state index in [-0.39, 0.29) is 5.76 Å². The molecule has 50 valence electrons. The Hall–Kier alpha value is -0.915. The molecule has 1 nitrogen and oxygen atoms in total.